The fourth-order valence-electron chi connectivity index (χ4n) is 3.27. The highest BCUT2D eigenvalue weighted by Crippen LogP contribution is 2.47. The van der Waals surface area contributed by atoms with Gasteiger partial charge in [-0.1, -0.05) is 0 Å². The molecule has 2 aromatic rings. The van der Waals surface area contributed by atoms with Gasteiger partial charge in [0.1, 0.15) is 23.0 Å². The van der Waals surface area contributed by atoms with Gasteiger partial charge in [-0.05, 0) is 27.7 Å². The SMILES string of the molecule is Cc1c(O)c(C)c2c(c1O)C(=O)c1c(C)c(O)c(C)c(O)c1C2=O. The van der Waals surface area contributed by atoms with Crippen LogP contribution in [0.3, 0.4) is 0 Å². The highest BCUT2D eigenvalue weighted by atomic mass is 16.3. The van der Waals surface area contributed by atoms with E-state index >= 15 is 0 Å². The maximum absolute atomic E-state index is 12.9. The van der Waals surface area contributed by atoms with Crippen LogP contribution in [0.2, 0.25) is 0 Å². The summed E-state index contributed by atoms with van der Waals surface area (Å²) in [4.78, 5) is 25.8. The number of benzene rings is 2. The first kappa shape index (κ1) is 15.9. The van der Waals surface area contributed by atoms with E-state index in [0.29, 0.717) is 0 Å². The second kappa shape index (κ2) is 4.74. The Labute approximate surface area is 137 Å². The highest BCUT2D eigenvalue weighted by molar-refractivity contribution is 6.31. The van der Waals surface area contributed by atoms with E-state index in [2.05, 4.69) is 0 Å². The smallest absolute Gasteiger partial charge is 0.198 e. The van der Waals surface area contributed by atoms with E-state index in [9.17, 15) is 30.0 Å². The summed E-state index contributed by atoms with van der Waals surface area (Å²) in [6, 6.07) is 0. The van der Waals surface area contributed by atoms with Crippen LogP contribution in [0.4, 0.5) is 0 Å². The van der Waals surface area contributed by atoms with Crippen molar-refractivity contribution in [1.82, 2.24) is 0 Å². The fourth-order valence-corrected chi connectivity index (χ4v) is 3.27. The number of ketones is 2. The van der Waals surface area contributed by atoms with E-state index in [4.69, 9.17) is 0 Å². The molecule has 0 amide bonds. The Hall–Kier alpha value is -3.02. The summed E-state index contributed by atoms with van der Waals surface area (Å²) >= 11 is 0. The number of carbonyl (C=O) groups excluding carboxylic acids is 2. The summed E-state index contributed by atoms with van der Waals surface area (Å²) in [5, 5.41) is 40.8. The molecule has 0 atom stereocenters. The van der Waals surface area contributed by atoms with Crippen LogP contribution in [0.25, 0.3) is 0 Å². The van der Waals surface area contributed by atoms with E-state index < -0.39 is 23.1 Å². The number of fused-ring (bicyclic) bond motifs is 2. The van der Waals surface area contributed by atoms with Gasteiger partial charge in [0.25, 0.3) is 0 Å². The predicted molar refractivity (Wildman–Crippen MR) is 85.4 cm³/mol. The molecule has 0 heterocycles. The largest absolute Gasteiger partial charge is 0.507 e. The van der Waals surface area contributed by atoms with Crippen molar-refractivity contribution in [3.8, 4) is 23.0 Å². The summed E-state index contributed by atoms with van der Waals surface area (Å²) in [5.41, 5.74) is -0.194. The van der Waals surface area contributed by atoms with Crippen molar-refractivity contribution in [2.75, 3.05) is 0 Å². The molecule has 3 rings (SSSR count). The third-order valence-corrected chi connectivity index (χ3v) is 4.76. The molecule has 0 spiro atoms. The first-order chi connectivity index (χ1) is 11.1. The summed E-state index contributed by atoms with van der Waals surface area (Å²) in [6.45, 7) is 5.80. The summed E-state index contributed by atoms with van der Waals surface area (Å²) in [7, 11) is 0. The molecule has 0 saturated carbocycles. The van der Waals surface area contributed by atoms with Crippen molar-refractivity contribution in [3.63, 3.8) is 0 Å². The molecule has 0 radical (unpaired) electrons. The van der Waals surface area contributed by atoms with Gasteiger partial charge < -0.3 is 20.4 Å². The van der Waals surface area contributed by atoms with Crippen LogP contribution >= 0.6 is 0 Å². The zero-order valence-corrected chi connectivity index (χ0v) is 13.6. The van der Waals surface area contributed by atoms with Crippen molar-refractivity contribution in [1.29, 1.82) is 0 Å². The molecular weight excluding hydrogens is 312 g/mol. The average Bonchev–Trinajstić information content (AvgIpc) is 2.55. The summed E-state index contributed by atoms with van der Waals surface area (Å²) in [5.74, 6) is -2.85. The van der Waals surface area contributed by atoms with Crippen LogP contribution in [-0.2, 0) is 0 Å². The monoisotopic (exact) mass is 328 g/mol. The molecule has 24 heavy (non-hydrogen) atoms. The average molecular weight is 328 g/mol. The molecule has 0 aromatic heterocycles. The molecule has 0 saturated heterocycles. The molecule has 6 heteroatoms. The van der Waals surface area contributed by atoms with Gasteiger partial charge >= 0.3 is 0 Å². The van der Waals surface area contributed by atoms with Crippen LogP contribution in [-0.4, -0.2) is 32.0 Å². The predicted octanol–water partition coefficient (Wildman–Crippen LogP) is 2.52. The van der Waals surface area contributed by atoms with E-state index in [0.717, 1.165) is 0 Å². The normalized spacial score (nSPS) is 13.0. The zero-order valence-electron chi connectivity index (χ0n) is 13.6. The molecule has 0 unspecified atom stereocenters. The minimum absolute atomic E-state index is 0.0917. The molecule has 0 bridgehead atoms. The van der Waals surface area contributed by atoms with E-state index in [-0.39, 0.29) is 56.0 Å². The van der Waals surface area contributed by atoms with Gasteiger partial charge in [0.2, 0.25) is 0 Å². The Balaban J connectivity index is 2.53. The second-order valence-corrected chi connectivity index (χ2v) is 6.05. The standard InChI is InChI=1S/C18H16O6/c1-5-9-11(15(21)7(3)13(5)19)18(24)10-6(2)14(20)8(4)16(22)12(10)17(9)23/h19-22H,1-4H3. The van der Waals surface area contributed by atoms with Crippen LogP contribution in [0.1, 0.15) is 54.1 Å². The number of hydrogen-bond donors (Lipinski definition) is 4. The van der Waals surface area contributed by atoms with Gasteiger partial charge in [0, 0.05) is 33.4 Å². The molecular formula is C18H16O6. The number of carbonyl (C=O) groups is 2. The third kappa shape index (κ3) is 1.65. The maximum atomic E-state index is 12.9. The Kier molecular flexibility index (Phi) is 3.13. The van der Waals surface area contributed by atoms with Gasteiger partial charge in [-0.25, -0.2) is 0 Å². The number of hydrogen-bond acceptors (Lipinski definition) is 6. The van der Waals surface area contributed by atoms with Crippen molar-refractivity contribution >= 4 is 11.6 Å². The number of rotatable bonds is 0. The Morgan fingerprint density at radius 2 is 0.750 bits per heavy atom. The molecule has 4 N–H and O–H groups in total. The van der Waals surface area contributed by atoms with Crippen LogP contribution in [0, 0.1) is 27.7 Å². The maximum Gasteiger partial charge on any atom is 0.198 e. The molecule has 6 nitrogen and oxygen atoms in total. The number of phenols is 4. The highest BCUT2D eigenvalue weighted by Gasteiger charge is 2.40. The first-order valence-corrected chi connectivity index (χ1v) is 7.30. The lowest BCUT2D eigenvalue weighted by Crippen LogP contribution is -2.24. The molecule has 1 aliphatic rings. The summed E-state index contributed by atoms with van der Waals surface area (Å²) < 4.78 is 0. The van der Waals surface area contributed by atoms with Crippen molar-refractivity contribution < 1.29 is 30.0 Å². The minimum Gasteiger partial charge on any atom is -0.507 e. The Bertz CT molecular complexity index is 815. The number of phenolic OH excluding ortho intramolecular Hbond substituents is 4. The van der Waals surface area contributed by atoms with E-state index in [1.165, 1.54) is 27.7 Å². The van der Waals surface area contributed by atoms with Gasteiger partial charge in [0.05, 0.1) is 11.1 Å². The first-order valence-electron chi connectivity index (χ1n) is 7.30. The van der Waals surface area contributed by atoms with Crippen LogP contribution < -0.4 is 0 Å². The molecule has 0 fully saturated rings. The molecule has 1 aliphatic carbocycles. The fraction of sp³-hybridized carbons (Fsp3) is 0.222. The quantitative estimate of drug-likeness (QED) is 0.504. The Morgan fingerprint density at radius 3 is 1.04 bits per heavy atom. The lowest BCUT2D eigenvalue weighted by molar-refractivity contribution is 0.0972. The third-order valence-electron chi connectivity index (χ3n) is 4.76. The van der Waals surface area contributed by atoms with E-state index in [1.54, 1.807) is 0 Å². The lowest BCUT2D eigenvalue weighted by Gasteiger charge is -2.25. The number of aromatic hydroxyl groups is 4. The van der Waals surface area contributed by atoms with Gasteiger partial charge in [-0.2, -0.15) is 0 Å². The van der Waals surface area contributed by atoms with Crippen molar-refractivity contribution in [2.24, 2.45) is 0 Å². The molecule has 2 aromatic carbocycles. The topological polar surface area (TPSA) is 115 Å². The van der Waals surface area contributed by atoms with Gasteiger partial charge in [-0.15, -0.1) is 0 Å². The lowest BCUT2D eigenvalue weighted by atomic mass is 9.77. The minimum atomic E-state index is -0.675. The van der Waals surface area contributed by atoms with Crippen LogP contribution in [0.5, 0.6) is 23.0 Å². The zero-order chi connectivity index (χ0) is 18.1. The second-order valence-electron chi connectivity index (χ2n) is 6.05. The molecule has 0 aliphatic heterocycles. The van der Waals surface area contributed by atoms with Crippen molar-refractivity contribution in [2.45, 2.75) is 27.7 Å². The van der Waals surface area contributed by atoms with E-state index in [1.807, 2.05) is 0 Å². The molecule has 124 valence electrons. The Morgan fingerprint density at radius 1 is 0.458 bits per heavy atom. The van der Waals surface area contributed by atoms with Crippen LogP contribution in [0.15, 0.2) is 0 Å². The van der Waals surface area contributed by atoms with Gasteiger partial charge in [-0.3, -0.25) is 9.59 Å². The van der Waals surface area contributed by atoms with Crippen molar-refractivity contribution in [3.05, 3.63) is 44.5 Å². The summed E-state index contributed by atoms with van der Waals surface area (Å²) in [6.07, 6.45) is 0. The van der Waals surface area contributed by atoms with Gasteiger partial charge in [0.15, 0.2) is 11.6 Å².